The lowest BCUT2D eigenvalue weighted by atomic mass is 9.94. The molecule has 0 bridgehead atoms. The van der Waals surface area contributed by atoms with Crippen molar-refractivity contribution in [2.24, 2.45) is 0 Å². The van der Waals surface area contributed by atoms with Crippen molar-refractivity contribution >= 4 is 17.4 Å². The Balaban J connectivity index is 2.03. The number of nitrogens with zero attached hydrogens (tertiary/aromatic N) is 1. The van der Waals surface area contributed by atoms with Gasteiger partial charge in [0.15, 0.2) is 0 Å². The molecule has 1 aliphatic heterocycles. The first kappa shape index (κ1) is 21.7. The number of ketones is 1. The van der Waals surface area contributed by atoms with Gasteiger partial charge in [-0.1, -0.05) is 29.8 Å². The lowest BCUT2D eigenvalue weighted by molar-refractivity contribution is -0.140. The summed E-state index contributed by atoms with van der Waals surface area (Å²) in [6, 6.07) is 12.0. The van der Waals surface area contributed by atoms with Gasteiger partial charge in [-0.25, -0.2) is 4.39 Å². The van der Waals surface area contributed by atoms with Crippen molar-refractivity contribution in [1.82, 2.24) is 4.90 Å². The first-order valence-corrected chi connectivity index (χ1v) is 10.0. The van der Waals surface area contributed by atoms with Crippen LogP contribution in [0.3, 0.4) is 0 Å². The predicted molar refractivity (Wildman–Crippen MR) is 112 cm³/mol. The van der Waals surface area contributed by atoms with Crippen molar-refractivity contribution in [2.75, 3.05) is 13.2 Å². The van der Waals surface area contributed by atoms with Gasteiger partial charge in [0, 0.05) is 18.7 Å². The van der Waals surface area contributed by atoms with Crippen molar-refractivity contribution in [2.45, 2.75) is 39.3 Å². The van der Waals surface area contributed by atoms with Gasteiger partial charge >= 0.3 is 0 Å². The summed E-state index contributed by atoms with van der Waals surface area (Å²) in [5.41, 5.74) is 2.02. The first-order valence-electron chi connectivity index (χ1n) is 10.0. The fourth-order valence-electron chi connectivity index (χ4n) is 3.61. The first-order chi connectivity index (χ1) is 14.3. The molecule has 1 atom stereocenters. The van der Waals surface area contributed by atoms with E-state index >= 15 is 0 Å². The van der Waals surface area contributed by atoms with Crippen LogP contribution in [0.4, 0.5) is 4.39 Å². The summed E-state index contributed by atoms with van der Waals surface area (Å²) in [4.78, 5) is 27.2. The Morgan fingerprint density at radius 3 is 2.50 bits per heavy atom. The van der Waals surface area contributed by atoms with Crippen molar-refractivity contribution in [3.8, 4) is 0 Å². The molecule has 2 aromatic rings. The molecule has 2 aromatic carbocycles. The van der Waals surface area contributed by atoms with Crippen LogP contribution in [0.15, 0.2) is 54.1 Å². The molecule has 1 fully saturated rings. The third-order valence-corrected chi connectivity index (χ3v) is 5.01. The molecule has 5 nitrogen and oxygen atoms in total. The van der Waals surface area contributed by atoms with Gasteiger partial charge in [-0.15, -0.1) is 0 Å². The second-order valence-corrected chi connectivity index (χ2v) is 7.69. The molecule has 6 heteroatoms. The number of hydrogen-bond acceptors (Lipinski definition) is 4. The Labute approximate surface area is 175 Å². The SMILES string of the molecule is Cc1cccc(C2/C(=C(/O)c3ccc(F)cc3)C(=O)C(=O)N2CCCOC(C)C)c1. The summed E-state index contributed by atoms with van der Waals surface area (Å²) in [6.07, 6.45) is 0.635. The molecule has 0 aromatic heterocycles. The smallest absolute Gasteiger partial charge is 0.295 e. The third kappa shape index (κ3) is 4.60. The highest BCUT2D eigenvalue weighted by molar-refractivity contribution is 6.46. The maximum absolute atomic E-state index is 13.3. The van der Waals surface area contributed by atoms with E-state index in [4.69, 9.17) is 4.74 Å². The van der Waals surface area contributed by atoms with E-state index in [1.807, 2.05) is 45.0 Å². The molecule has 0 spiro atoms. The molecular weight excluding hydrogens is 385 g/mol. The molecule has 0 radical (unpaired) electrons. The number of hydrogen-bond donors (Lipinski definition) is 1. The van der Waals surface area contributed by atoms with Gasteiger partial charge in [-0.05, 0) is 57.0 Å². The van der Waals surface area contributed by atoms with E-state index in [0.29, 0.717) is 19.6 Å². The summed E-state index contributed by atoms with van der Waals surface area (Å²) < 4.78 is 18.9. The molecule has 1 aliphatic rings. The number of ether oxygens (including phenoxy) is 1. The summed E-state index contributed by atoms with van der Waals surface area (Å²) in [5.74, 6) is -2.16. The number of carbonyl (C=O) groups is 2. The van der Waals surface area contributed by atoms with Crippen LogP contribution < -0.4 is 0 Å². The van der Waals surface area contributed by atoms with Gasteiger partial charge in [0.25, 0.3) is 11.7 Å². The standard InChI is InChI=1S/C24H26FNO4/c1-15(2)30-13-5-12-26-21(18-7-4-6-16(3)14-18)20(23(28)24(26)29)22(27)17-8-10-19(25)11-9-17/h4,6-11,14-15,21,27H,5,12-13H2,1-3H3/b22-20-. The van der Waals surface area contributed by atoms with Crippen LogP contribution in [0, 0.1) is 12.7 Å². The average Bonchev–Trinajstić information content (AvgIpc) is 2.96. The fraction of sp³-hybridized carbons (Fsp3) is 0.333. The Morgan fingerprint density at radius 2 is 1.87 bits per heavy atom. The molecule has 158 valence electrons. The summed E-state index contributed by atoms with van der Waals surface area (Å²) in [6.45, 7) is 6.56. The topological polar surface area (TPSA) is 66.8 Å². The minimum atomic E-state index is -0.742. The zero-order valence-corrected chi connectivity index (χ0v) is 17.4. The fourth-order valence-corrected chi connectivity index (χ4v) is 3.61. The highest BCUT2D eigenvalue weighted by atomic mass is 19.1. The molecule has 0 saturated carbocycles. The van der Waals surface area contributed by atoms with Crippen LogP contribution in [-0.4, -0.2) is 41.0 Å². The lowest BCUT2D eigenvalue weighted by Crippen LogP contribution is -2.31. The Bertz CT molecular complexity index is 965. The van der Waals surface area contributed by atoms with Crippen LogP contribution in [-0.2, 0) is 14.3 Å². The van der Waals surface area contributed by atoms with E-state index in [9.17, 15) is 19.1 Å². The number of amides is 1. The highest BCUT2D eigenvalue weighted by Crippen LogP contribution is 2.39. The number of rotatable bonds is 7. The van der Waals surface area contributed by atoms with Crippen molar-refractivity contribution in [1.29, 1.82) is 0 Å². The van der Waals surface area contributed by atoms with Gasteiger partial charge in [0.1, 0.15) is 11.6 Å². The van der Waals surface area contributed by atoms with E-state index in [1.165, 1.54) is 29.2 Å². The second kappa shape index (κ2) is 9.22. The molecule has 0 aliphatic carbocycles. The van der Waals surface area contributed by atoms with E-state index in [-0.39, 0.29) is 23.0 Å². The summed E-state index contributed by atoms with van der Waals surface area (Å²) in [7, 11) is 0. The lowest BCUT2D eigenvalue weighted by Gasteiger charge is -2.25. The van der Waals surface area contributed by atoms with Crippen LogP contribution in [0.1, 0.15) is 43.0 Å². The van der Waals surface area contributed by atoms with E-state index < -0.39 is 23.5 Å². The van der Waals surface area contributed by atoms with Gasteiger partial charge in [-0.3, -0.25) is 9.59 Å². The van der Waals surface area contributed by atoms with Crippen LogP contribution >= 0.6 is 0 Å². The average molecular weight is 411 g/mol. The number of likely N-dealkylation sites (tertiary alicyclic amines) is 1. The molecular formula is C24H26FNO4. The van der Waals surface area contributed by atoms with E-state index in [0.717, 1.165) is 11.1 Å². The normalized spacial score (nSPS) is 18.4. The molecule has 3 rings (SSSR count). The quantitative estimate of drug-likeness (QED) is 0.318. The maximum atomic E-state index is 13.3. The van der Waals surface area contributed by atoms with Gasteiger partial charge in [0.2, 0.25) is 0 Å². The molecule has 1 N–H and O–H groups in total. The van der Waals surface area contributed by atoms with Crippen LogP contribution in [0.5, 0.6) is 0 Å². The predicted octanol–water partition coefficient (Wildman–Crippen LogP) is 4.37. The van der Waals surface area contributed by atoms with Crippen molar-refractivity contribution in [3.63, 3.8) is 0 Å². The monoisotopic (exact) mass is 411 g/mol. The summed E-state index contributed by atoms with van der Waals surface area (Å²) in [5, 5.41) is 10.9. The van der Waals surface area contributed by atoms with Crippen molar-refractivity contribution < 1.29 is 23.8 Å². The molecule has 1 unspecified atom stereocenters. The Hall–Kier alpha value is -2.99. The number of Topliss-reactive ketones (excluding diaryl/α,β-unsaturated/α-hetero) is 1. The maximum Gasteiger partial charge on any atom is 0.295 e. The molecule has 1 heterocycles. The van der Waals surface area contributed by atoms with Crippen LogP contribution in [0.25, 0.3) is 5.76 Å². The number of aliphatic hydroxyl groups excluding tert-OH is 1. The zero-order valence-electron chi connectivity index (χ0n) is 17.4. The number of benzene rings is 2. The zero-order chi connectivity index (χ0) is 21.8. The number of carbonyl (C=O) groups excluding carboxylic acids is 2. The van der Waals surface area contributed by atoms with Crippen LogP contribution in [0.2, 0.25) is 0 Å². The number of aryl methyl sites for hydroxylation is 1. The van der Waals surface area contributed by atoms with E-state index in [2.05, 4.69) is 0 Å². The summed E-state index contributed by atoms with van der Waals surface area (Å²) >= 11 is 0. The third-order valence-electron chi connectivity index (χ3n) is 5.01. The molecule has 1 amide bonds. The van der Waals surface area contributed by atoms with E-state index in [1.54, 1.807) is 0 Å². The van der Waals surface area contributed by atoms with Gasteiger partial charge < -0.3 is 14.7 Å². The van der Waals surface area contributed by atoms with Gasteiger partial charge in [-0.2, -0.15) is 0 Å². The van der Waals surface area contributed by atoms with Crippen molar-refractivity contribution in [3.05, 3.63) is 76.6 Å². The molecule has 1 saturated heterocycles. The Morgan fingerprint density at radius 1 is 1.17 bits per heavy atom. The highest BCUT2D eigenvalue weighted by Gasteiger charge is 2.45. The van der Waals surface area contributed by atoms with Gasteiger partial charge in [0.05, 0.1) is 17.7 Å². The Kier molecular flexibility index (Phi) is 6.67. The minimum Gasteiger partial charge on any atom is -0.507 e. The number of halogens is 1. The second-order valence-electron chi connectivity index (χ2n) is 7.69. The molecule has 30 heavy (non-hydrogen) atoms. The largest absolute Gasteiger partial charge is 0.507 e. The minimum absolute atomic E-state index is 0.0157. The number of aliphatic hydroxyl groups is 1.